The van der Waals surface area contributed by atoms with Crippen molar-refractivity contribution in [2.75, 3.05) is 0 Å². The minimum Gasteiger partial charge on any atom is -0.348 e. The number of rotatable bonds is 4. The third-order valence-corrected chi connectivity index (χ3v) is 4.85. The monoisotopic (exact) mass is 310 g/mol. The maximum atomic E-state index is 12.6. The molecule has 2 aliphatic carbocycles. The Morgan fingerprint density at radius 1 is 1.13 bits per heavy atom. The molecule has 120 valence electrons. The highest BCUT2D eigenvalue weighted by Crippen LogP contribution is 2.42. The zero-order chi connectivity index (χ0) is 15.8. The van der Waals surface area contributed by atoms with Gasteiger partial charge in [0.1, 0.15) is 0 Å². The summed E-state index contributed by atoms with van der Waals surface area (Å²) in [4.78, 5) is 12.6. The van der Waals surface area contributed by atoms with Gasteiger partial charge < -0.3 is 5.32 Å². The van der Waals surface area contributed by atoms with E-state index in [-0.39, 0.29) is 5.91 Å². The summed E-state index contributed by atoms with van der Waals surface area (Å²) in [6.45, 7) is 2.06. The zero-order valence-electron chi connectivity index (χ0n) is 13.5. The van der Waals surface area contributed by atoms with Gasteiger partial charge in [0.25, 0.3) is 5.91 Å². The number of nitrogens with one attached hydrogen (secondary N) is 1. The van der Waals surface area contributed by atoms with Crippen LogP contribution in [0.3, 0.4) is 0 Å². The van der Waals surface area contributed by atoms with Crippen LogP contribution in [0.15, 0.2) is 24.3 Å². The molecule has 1 heterocycles. The minimum atomic E-state index is -0.0582. The van der Waals surface area contributed by atoms with Crippen LogP contribution < -0.4 is 5.32 Å². The molecule has 2 fully saturated rings. The Morgan fingerprint density at radius 2 is 1.83 bits per heavy atom. The first-order valence-electron chi connectivity index (χ1n) is 8.56. The average molecular weight is 310 g/mol. The first kappa shape index (κ1) is 14.4. The summed E-state index contributed by atoms with van der Waals surface area (Å²) in [7, 11) is 0. The Labute approximate surface area is 136 Å². The van der Waals surface area contributed by atoms with E-state index in [1.807, 2.05) is 16.8 Å². The van der Waals surface area contributed by atoms with Crippen LogP contribution >= 0.6 is 0 Å². The summed E-state index contributed by atoms with van der Waals surface area (Å²) in [5, 5.41) is 11.6. The highest BCUT2D eigenvalue weighted by Gasteiger charge is 2.34. The molecule has 1 amide bonds. The van der Waals surface area contributed by atoms with Gasteiger partial charge in [0, 0.05) is 12.0 Å². The normalized spacial score (nSPS) is 18.3. The van der Waals surface area contributed by atoms with Crippen LogP contribution in [0.1, 0.15) is 66.2 Å². The standard InChI is InChI=1S/C18H22N4O/c1-12-6-10-15(11-7-12)22-17(13-8-9-13)16(20-21-22)18(23)19-14-4-2-3-5-14/h6-7,10-11,13-14H,2-5,8-9H2,1H3,(H,19,23). The van der Waals surface area contributed by atoms with Crippen molar-refractivity contribution in [3.8, 4) is 5.69 Å². The fraction of sp³-hybridized carbons (Fsp3) is 0.500. The van der Waals surface area contributed by atoms with Crippen molar-refractivity contribution in [3.63, 3.8) is 0 Å². The van der Waals surface area contributed by atoms with Crippen LogP contribution in [0.2, 0.25) is 0 Å². The number of amides is 1. The molecule has 0 bridgehead atoms. The maximum absolute atomic E-state index is 12.6. The van der Waals surface area contributed by atoms with Gasteiger partial charge in [-0.2, -0.15) is 0 Å². The Bertz CT molecular complexity index is 709. The highest BCUT2D eigenvalue weighted by molar-refractivity contribution is 5.94. The van der Waals surface area contributed by atoms with Gasteiger partial charge in [-0.15, -0.1) is 5.10 Å². The van der Waals surface area contributed by atoms with E-state index in [0.717, 1.165) is 37.1 Å². The molecule has 0 radical (unpaired) electrons. The molecule has 5 nitrogen and oxygen atoms in total. The fourth-order valence-corrected chi connectivity index (χ4v) is 3.37. The van der Waals surface area contributed by atoms with Crippen molar-refractivity contribution < 1.29 is 4.79 Å². The van der Waals surface area contributed by atoms with Gasteiger partial charge in [-0.25, -0.2) is 4.68 Å². The molecule has 5 heteroatoms. The number of nitrogens with zero attached hydrogens (tertiary/aromatic N) is 3. The maximum Gasteiger partial charge on any atom is 0.274 e. The minimum absolute atomic E-state index is 0.0582. The van der Waals surface area contributed by atoms with E-state index in [0.29, 0.717) is 17.7 Å². The molecule has 2 aliphatic rings. The van der Waals surface area contributed by atoms with E-state index in [1.54, 1.807) is 0 Å². The molecule has 1 aromatic heterocycles. The van der Waals surface area contributed by atoms with Gasteiger partial charge in [-0.3, -0.25) is 4.79 Å². The Balaban J connectivity index is 1.65. The summed E-state index contributed by atoms with van der Waals surface area (Å²) >= 11 is 0. The third kappa shape index (κ3) is 2.87. The van der Waals surface area contributed by atoms with Crippen molar-refractivity contribution in [1.82, 2.24) is 20.3 Å². The molecule has 0 atom stereocenters. The molecule has 4 rings (SSSR count). The lowest BCUT2D eigenvalue weighted by molar-refractivity contribution is 0.0931. The lowest BCUT2D eigenvalue weighted by atomic mass is 10.1. The number of benzene rings is 1. The Kier molecular flexibility index (Phi) is 3.63. The van der Waals surface area contributed by atoms with Gasteiger partial charge >= 0.3 is 0 Å². The number of aryl methyl sites for hydroxylation is 1. The lowest BCUT2D eigenvalue weighted by Crippen LogP contribution is -2.33. The van der Waals surface area contributed by atoms with Crippen LogP contribution in [-0.2, 0) is 0 Å². The second-order valence-corrected chi connectivity index (χ2v) is 6.80. The quantitative estimate of drug-likeness (QED) is 0.944. The Hall–Kier alpha value is -2.17. The molecular formula is C18H22N4O. The van der Waals surface area contributed by atoms with Gasteiger partial charge in [-0.05, 0) is 44.7 Å². The predicted octanol–water partition coefficient (Wildman–Crippen LogP) is 3.13. The van der Waals surface area contributed by atoms with Crippen molar-refractivity contribution in [3.05, 3.63) is 41.2 Å². The predicted molar refractivity (Wildman–Crippen MR) is 87.8 cm³/mol. The zero-order valence-corrected chi connectivity index (χ0v) is 13.5. The van der Waals surface area contributed by atoms with Gasteiger partial charge in [0.15, 0.2) is 5.69 Å². The molecule has 0 saturated heterocycles. The first-order valence-corrected chi connectivity index (χ1v) is 8.56. The lowest BCUT2D eigenvalue weighted by Gasteiger charge is -2.12. The summed E-state index contributed by atoms with van der Waals surface area (Å²) < 4.78 is 1.85. The second kappa shape index (κ2) is 5.80. The van der Waals surface area contributed by atoms with Crippen LogP contribution in [0, 0.1) is 6.92 Å². The van der Waals surface area contributed by atoms with Crippen LogP contribution in [0.5, 0.6) is 0 Å². The van der Waals surface area contributed by atoms with E-state index >= 15 is 0 Å². The van der Waals surface area contributed by atoms with E-state index in [1.165, 1.54) is 18.4 Å². The Morgan fingerprint density at radius 3 is 2.48 bits per heavy atom. The number of aromatic nitrogens is 3. The summed E-state index contributed by atoms with van der Waals surface area (Å²) in [5.74, 6) is 0.354. The molecule has 0 spiro atoms. The first-order chi connectivity index (χ1) is 11.2. The van der Waals surface area contributed by atoms with Crippen molar-refractivity contribution in [2.45, 2.75) is 57.4 Å². The molecular weight excluding hydrogens is 288 g/mol. The number of hydrogen-bond acceptors (Lipinski definition) is 3. The van der Waals surface area contributed by atoms with E-state index in [4.69, 9.17) is 0 Å². The van der Waals surface area contributed by atoms with Crippen LogP contribution in [-0.4, -0.2) is 26.9 Å². The summed E-state index contributed by atoms with van der Waals surface area (Å²) in [5.41, 5.74) is 3.68. The van der Waals surface area contributed by atoms with Gasteiger partial charge in [0.05, 0.1) is 11.4 Å². The second-order valence-electron chi connectivity index (χ2n) is 6.80. The van der Waals surface area contributed by atoms with Crippen LogP contribution in [0.25, 0.3) is 5.69 Å². The topological polar surface area (TPSA) is 59.8 Å². The number of carbonyl (C=O) groups is 1. The number of hydrogen-bond donors (Lipinski definition) is 1. The average Bonchev–Trinajstić information content (AvgIpc) is 3.08. The van der Waals surface area contributed by atoms with Crippen LogP contribution in [0.4, 0.5) is 0 Å². The van der Waals surface area contributed by atoms with E-state index in [2.05, 4.69) is 34.7 Å². The van der Waals surface area contributed by atoms with E-state index < -0.39 is 0 Å². The van der Waals surface area contributed by atoms with Crippen molar-refractivity contribution >= 4 is 5.91 Å². The molecule has 1 N–H and O–H groups in total. The van der Waals surface area contributed by atoms with Gasteiger partial charge in [0.2, 0.25) is 0 Å². The number of carbonyl (C=O) groups excluding carboxylic acids is 1. The fourth-order valence-electron chi connectivity index (χ4n) is 3.37. The summed E-state index contributed by atoms with van der Waals surface area (Å²) in [6.07, 6.45) is 6.80. The van der Waals surface area contributed by atoms with Crippen molar-refractivity contribution in [2.24, 2.45) is 0 Å². The smallest absolute Gasteiger partial charge is 0.274 e. The molecule has 23 heavy (non-hydrogen) atoms. The SMILES string of the molecule is Cc1ccc(-n2nnc(C(=O)NC3CCCC3)c2C2CC2)cc1. The molecule has 0 unspecified atom stereocenters. The van der Waals surface area contributed by atoms with Gasteiger partial charge in [-0.1, -0.05) is 35.8 Å². The molecule has 1 aromatic carbocycles. The molecule has 2 saturated carbocycles. The molecule has 0 aliphatic heterocycles. The summed E-state index contributed by atoms with van der Waals surface area (Å²) in [6, 6.07) is 8.50. The largest absolute Gasteiger partial charge is 0.348 e. The highest BCUT2D eigenvalue weighted by atomic mass is 16.2. The molecule has 2 aromatic rings. The van der Waals surface area contributed by atoms with E-state index in [9.17, 15) is 4.79 Å². The third-order valence-electron chi connectivity index (χ3n) is 4.85. The van der Waals surface area contributed by atoms with Crippen molar-refractivity contribution in [1.29, 1.82) is 0 Å².